The fourth-order valence-corrected chi connectivity index (χ4v) is 10.1. The summed E-state index contributed by atoms with van der Waals surface area (Å²) < 4.78 is 30.4. The second-order valence-corrected chi connectivity index (χ2v) is 14.0. The third kappa shape index (κ3) is 2.51. The van der Waals surface area contributed by atoms with E-state index in [0.717, 1.165) is 0 Å². The third-order valence-electron chi connectivity index (χ3n) is 11.6. The van der Waals surface area contributed by atoms with Crippen LogP contribution in [0.25, 0.3) is 0 Å². The van der Waals surface area contributed by atoms with Crippen molar-refractivity contribution in [3.8, 4) is 0 Å². The van der Waals surface area contributed by atoms with Gasteiger partial charge in [0.15, 0.2) is 23.8 Å². The summed E-state index contributed by atoms with van der Waals surface area (Å²) >= 11 is 0. The van der Waals surface area contributed by atoms with Gasteiger partial charge in [0.05, 0.1) is 24.7 Å². The van der Waals surface area contributed by atoms with E-state index in [1.807, 2.05) is 33.8 Å². The van der Waals surface area contributed by atoms with Gasteiger partial charge in [0, 0.05) is 28.2 Å². The molecule has 1 aromatic rings. The number of hydrogen-bond acceptors (Lipinski definition) is 9. The number of fused-ring (bicyclic) bond motifs is 1. The van der Waals surface area contributed by atoms with Gasteiger partial charge in [-0.15, -0.1) is 0 Å². The minimum Gasteiger partial charge on any atom is -0.472 e. The van der Waals surface area contributed by atoms with Crippen molar-refractivity contribution in [1.29, 1.82) is 0 Å². The van der Waals surface area contributed by atoms with Gasteiger partial charge in [-0.2, -0.15) is 0 Å². The second kappa shape index (κ2) is 7.53. The van der Waals surface area contributed by atoms with Gasteiger partial charge in [-0.05, 0) is 50.7 Å². The Labute approximate surface area is 232 Å². The average molecular weight is 553 g/mol. The molecule has 214 valence electrons. The number of Topliss-reactive ketones (excluding diaryl/α,β-unsaturated/α-hetero) is 1. The largest absolute Gasteiger partial charge is 0.472 e. The summed E-state index contributed by atoms with van der Waals surface area (Å²) in [6.07, 6.45) is 4.85. The quantitative estimate of drug-likeness (QED) is 0.311. The van der Waals surface area contributed by atoms with Crippen LogP contribution in [0, 0.1) is 33.5 Å². The highest BCUT2D eigenvalue weighted by Gasteiger charge is 2.93. The molecule has 0 unspecified atom stereocenters. The van der Waals surface area contributed by atoms with Gasteiger partial charge in [-0.3, -0.25) is 14.4 Å². The van der Waals surface area contributed by atoms with Crippen LogP contribution in [0.2, 0.25) is 0 Å². The van der Waals surface area contributed by atoms with E-state index in [2.05, 4.69) is 0 Å². The molecule has 0 amide bonds. The Morgan fingerprint density at radius 1 is 1.12 bits per heavy atom. The number of rotatable bonds is 4. The zero-order valence-corrected chi connectivity index (χ0v) is 23.8. The molecule has 0 N–H and O–H groups in total. The van der Waals surface area contributed by atoms with Gasteiger partial charge >= 0.3 is 11.9 Å². The summed E-state index contributed by atoms with van der Waals surface area (Å²) in [5.74, 6) is -2.16. The summed E-state index contributed by atoms with van der Waals surface area (Å²) in [5.41, 5.74) is -6.01. The van der Waals surface area contributed by atoms with Gasteiger partial charge in [-0.25, -0.2) is 4.79 Å². The first-order valence-corrected chi connectivity index (χ1v) is 14.3. The minimum atomic E-state index is -1.54. The first-order chi connectivity index (χ1) is 18.7. The van der Waals surface area contributed by atoms with E-state index in [1.54, 1.807) is 26.2 Å². The highest BCUT2D eigenvalue weighted by atomic mass is 16.7. The Morgan fingerprint density at radius 3 is 2.55 bits per heavy atom. The lowest BCUT2D eigenvalue weighted by molar-refractivity contribution is -0.244. The number of carbonyl (C=O) groups excluding carboxylic acids is 4. The van der Waals surface area contributed by atoms with Crippen molar-refractivity contribution in [2.75, 3.05) is 6.61 Å². The van der Waals surface area contributed by atoms with Crippen LogP contribution in [0.15, 0.2) is 35.2 Å². The summed E-state index contributed by atoms with van der Waals surface area (Å²) in [6, 6.07) is 1.77. The van der Waals surface area contributed by atoms with E-state index in [-0.39, 0.29) is 30.6 Å². The predicted octanol–water partition coefficient (Wildman–Crippen LogP) is 3.90. The highest BCUT2D eigenvalue weighted by molar-refractivity contribution is 6.19. The molecule has 9 heteroatoms. The maximum absolute atomic E-state index is 15.0. The maximum atomic E-state index is 15.0. The lowest BCUT2D eigenvalue weighted by atomic mass is 9.34. The van der Waals surface area contributed by atoms with Crippen molar-refractivity contribution in [1.82, 2.24) is 0 Å². The van der Waals surface area contributed by atoms with Crippen molar-refractivity contribution in [2.24, 2.45) is 33.5 Å². The number of hydrogen-bond donors (Lipinski definition) is 0. The van der Waals surface area contributed by atoms with Crippen LogP contribution in [0.5, 0.6) is 0 Å². The molecule has 1 spiro atoms. The van der Waals surface area contributed by atoms with Crippen molar-refractivity contribution in [3.63, 3.8) is 0 Å². The second-order valence-electron chi connectivity index (χ2n) is 14.0. The molecule has 9 atom stereocenters. The number of ketones is 2. The summed E-state index contributed by atoms with van der Waals surface area (Å²) in [4.78, 5) is 55.7. The van der Waals surface area contributed by atoms with Crippen molar-refractivity contribution in [3.05, 3.63) is 36.3 Å². The molecule has 3 saturated heterocycles. The van der Waals surface area contributed by atoms with E-state index >= 15 is 4.79 Å². The molecular weight excluding hydrogens is 516 g/mol. The Kier molecular flexibility index (Phi) is 4.92. The lowest BCUT2D eigenvalue weighted by Gasteiger charge is -2.67. The molecule has 0 bridgehead atoms. The van der Waals surface area contributed by atoms with Gasteiger partial charge in [0.25, 0.3) is 0 Å². The summed E-state index contributed by atoms with van der Waals surface area (Å²) in [7, 11) is 0. The van der Waals surface area contributed by atoms with Crippen LogP contribution < -0.4 is 0 Å². The third-order valence-corrected chi connectivity index (χ3v) is 11.6. The predicted molar refractivity (Wildman–Crippen MR) is 137 cm³/mol. The van der Waals surface area contributed by atoms with Gasteiger partial charge in [0.2, 0.25) is 0 Å². The monoisotopic (exact) mass is 552 g/mol. The van der Waals surface area contributed by atoms with Crippen LogP contribution in [0.4, 0.5) is 0 Å². The zero-order chi connectivity index (χ0) is 28.7. The van der Waals surface area contributed by atoms with Crippen molar-refractivity contribution >= 4 is 23.5 Å². The zero-order valence-electron chi connectivity index (χ0n) is 23.8. The fraction of sp³-hybridized carbons (Fsp3) is 0.677. The minimum absolute atomic E-state index is 0.00271. The van der Waals surface area contributed by atoms with E-state index in [4.69, 9.17) is 23.4 Å². The molecule has 0 aromatic carbocycles. The maximum Gasteiger partial charge on any atom is 0.339 e. The molecule has 4 heterocycles. The molecule has 9 nitrogen and oxygen atoms in total. The normalized spacial score (nSPS) is 47.6. The fourth-order valence-electron chi connectivity index (χ4n) is 10.1. The van der Waals surface area contributed by atoms with Crippen LogP contribution in [-0.4, -0.2) is 53.5 Å². The van der Waals surface area contributed by atoms with Crippen molar-refractivity contribution < 1.29 is 42.5 Å². The van der Waals surface area contributed by atoms with Crippen LogP contribution in [-0.2, 0) is 38.1 Å². The Hall–Kier alpha value is -2.78. The number of ether oxygens (including phenoxy) is 4. The molecule has 0 radical (unpaired) electrons. The van der Waals surface area contributed by atoms with Crippen LogP contribution in [0.3, 0.4) is 0 Å². The Balaban J connectivity index is 1.46. The molecule has 3 aliphatic carbocycles. The molecule has 2 saturated carbocycles. The van der Waals surface area contributed by atoms with Gasteiger partial charge in [0.1, 0.15) is 17.1 Å². The van der Waals surface area contributed by atoms with E-state index in [9.17, 15) is 14.4 Å². The standard InChI is InChI=1S/C31H36O9/c1-16(2)13-20(33)38-23-21(34)30-19(32)8-11-29(30,15-37-26(30,3)4)18-7-10-27(5)22(17-9-12-36-14-17)39-25(35)24-31(27,40-24)28(18,23)6/h8-9,11-12,14,16,18,22-24H,7,10,13,15H2,1-6H3/t18-,22-,23+,24+,27-,28-,29-,30-,31+/m0/s1. The average Bonchev–Trinajstić information content (AvgIpc) is 3.17. The molecular formula is C31H36O9. The SMILES string of the molecule is CC(C)CC(=O)O[C@@H]1C(=O)[C@]23C(=O)C=C[C@]2(COC3(C)C)[C@H]2CC[C@@]3(C)[C@H](c4ccoc4)OC(=O)[C@H]4O[C@]43[C@]12C. The topological polar surface area (TPSA) is 122 Å². The molecule has 7 rings (SSSR count). The van der Waals surface area contributed by atoms with Crippen LogP contribution >= 0.6 is 0 Å². The number of furan rings is 1. The number of allylic oxidation sites excluding steroid dienone is 1. The van der Waals surface area contributed by atoms with E-state index in [1.165, 1.54) is 12.3 Å². The van der Waals surface area contributed by atoms with Gasteiger partial charge in [-0.1, -0.05) is 33.8 Å². The number of epoxide rings is 1. The Bertz CT molecular complexity index is 1370. The molecule has 3 aliphatic heterocycles. The first-order valence-electron chi connectivity index (χ1n) is 14.3. The smallest absolute Gasteiger partial charge is 0.339 e. The summed E-state index contributed by atoms with van der Waals surface area (Å²) in [5, 5.41) is 0. The molecule has 40 heavy (non-hydrogen) atoms. The highest BCUT2D eigenvalue weighted by Crippen LogP contribution is 2.82. The van der Waals surface area contributed by atoms with E-state index < -0.39 is 68.9 Å². The molecule has 6 aliphatic rings. The summed E-state index contributed by atoms with van der Waals surface area (Å²) in [6.45, 7) is 11.5. The van der Waals surface area contributed by atoms with Crippen LogP contribution in [0.1, 0.15) is 72.5 Å². The number of cyclic esters (lactones) is 1. The van der Waals surface area contributed by atoms with Crippen molar-refractivity contribution in [2.45, 2.75) is 90.3 Å². The Morgan fingerprint density at radius 2 is 1.88 bits per heavy atom. The molecule has 1 aromatic heterocycles. The molecule has 5 fully saturated rings. The van der Waals surface area contributed by atoms with Gasteiger partial charge < -0.3 is 23.4 Å². The lowest BCUT2D eigenvalue weighted by Crippen LogP contribution is -2.78. The van der Waals surface area contributed by atoms with E-state index in [0.29, 0.717) is 18.4 Å². The number of carbonyl (C=O) groups is 4. The number of esters is 2. The first kappa shape index (κ1) is 26.1.